The van der Waals surface area contributed by atoms with Gasteiger partial charge in [0.05, 0.1) is 5.69 Å². The first-order valence-electron chi connectivity index (χ1n) is 4.17. The largest absolute Gasteiger partial charge is 0.359 e. The summed E-state index contributed by atoms with van der Waals surface area (Å²) in [7, 11) is 0. The van der Waals surface area contributed by atoms with Gasteiger partial charge in [-0.15, -0.1) is 11.3 Å². The summed E-state index contributed by atoms with van der Waals surface area (Å²) >= 11 is 1.62. The van der Waals surface area contributed by atoms with E-state index >= 15 is 0 Å². The molecular weight excluding hydrogens is 170 g/mol. The van der Waals surface area contributed by atoms with Crippen LogP contribution >= 0.6 is 11.3 Å². The van der Waals surface area contributed by atoms with E-state index in [0.29, 0.717) is 12.6 Å². The van der Waals surface area contributed by atoms with E-state index in [9.17, 15) is 0 Å². The number of nitrogens with two attached hydrogens (primary N) is 1. The molecule has 0 saturated carbocycles. The summed E-state index contributed by atoms with van der Waals surface area (Å²) in [6.07, 6.45) is 1.11. The maximum atomic E-state index is 5.44. The van der Waals surface area contributed by atoms with Crippen LogP contribution < -0.4 is 11.1 Å². The molecule has 0 bridgehead atoms. The standard InChI is InChI=1S/C8H15N3S/c1-3-6(2)10-8-11-7(4-9)5-12-8/h5-6H,3-4,9H2,1-2H3,(H,10,11). The van der Waals surface area contributed by atoms with Crippen LogP contribution in [-0.4, -0.2) is 11.0 Å². The van der Waals surface area contributed by atoms with Crippen molar-refractivity contribution in [3.8, 4) is 0 Å². The minimum atomic E-state index is 0.488. The Balaban J connectivity index is 2.52. The first kappa shape index (κ1) is 9.48. The smallest absolute Gasteiger partial charge is 0.183 e. The van der Waals surface area contributed by atoms with Crippen molar-refractivity contribution in [1.29, 1.82) is 0 Å². The van der Waals surface area contributed by atoms with E-state index in [4.69, 9.17) is 5.73 Å². The summed E-state index contributed by atoms with van der Waals surface area (Å²) in [5.41, 5.74) is 6.41. The molecule has 1 unspecified atom stereocenters. The van der Waals surface area contributed by atoms with E-state index in [2.05, 4.69) is 24.1 Å². The maximum Gasteiger partial charge on any atom is 0.183 e. The Morgan fingerprint density at radius 3 is 3.00 bits per heavy atom. The van der Waals surface area contributed by atoms with Crippen LogP contribution in [0.2, 0.25) is 0 Å². The van der Waals surface area contributed by atoms with Crippen LogP contribution in [0.4, 0.5) is 5.13 Å². The fourth-order valence-electron chi connectivity index (χ4n) is 0.780. The molecule has 12 heavy (non-hydrogen) atoms. The van der Waals surface area contributed by atoms with Crippen molar-refractivity contribution in [2.75, 3.05) is 5.32 Å². The molecule has 0 spiro atoms. The summed E-state index contributed by atoms with van der Waals surface area (Å²) in [6, 6.07) is 0.488. The lowest BCUT2D eigenvalue weighted by Gasteiger charge is -2.08. The summed E-state index contributed by atoms with van der Waals surface area (Å²) in [5.74, 6) is 0. The van der Waals surface area contributed by atoms with Crippen molar-refractivity contribution >= 4 is 16.5 Å². The second-order valence-electron chi connectivity index (χ2n) is 2.80. The molecule has 3 nitrogen and oxygen atoms in total. The van der Waals surface area contributed by atoms with Crippen molar-refractivity contribution < 1.29 is 0 Å². The van der Waals surface area contributed by atoms with Gasteiger partial charge in [-0.3, -0.25) is 0 Å². The lowest BCUT2D eigenvalue weighted by Crippen LogP contribution is -2.13. The molecule has 0 saturated heterocycles. The van der Waals surface area contributed by atoms with Gasteiger partial charge in [0.2, 0.25) is 0 Å². The molecule has 0 radical (unpaired) electrons. The molecule has 3 N–H and O–H groups in total. The molecule has 0 fully saturated rings. The molecule has 4 heteroatoms. The quantitative estimate of drug-likeness (QED) is 0.752. The summed E-state index contributed by atoms with van der Waals surface area (Å²) in [4.78, 5) is 4.30. The SMILES string of the molecule is CCC(C)Nc1nc(CN)cs1. The van der Waals surface area contributed by atoms with Crippen LogP contribution in [0.1, 0.15) is 26.0 Å². The second kappa shape index (κ2) is 4.42. The molecule has 0 aromatic carbocycles. The van der Waals surface area contributed by atoms with Gasteiger partial charge >= 0.3 is 0 Å². The molecule has 1 heterocycles. The van der Waals surface area contributed by atoms with Gasteiger partial charge in [0.25, 0.3) is 0 Å². The van der Waals surface area contributed by atoms with E-state index in [1.54, 1.807) is 11.3 Å². The van der Waals surface area contributed by atoms with Gasteiger partial charge < -0.3 is 11.1 Å². The summed E-state index contributed by atoms with van der Waals surface area (Å²) in [5, 5.41) is 6.27. The van der Waals surface area contributed by atoms with Crippen LogP contribution in [-0.2, 0) is 6.54 Å². The Bertz CT molecular complexity index is 234. The molecule has 0 amide bonds. The Morgan fingerprint density at radius 1 is 1.75 bits per heavy atom. The van der Waals surface area contributed by atoms with E-state index in [1.807, 2.05) is 5.38 Å². The second-order valence-corrected chi connectivity index (χ2v) is 3.66. The summed E-state index contributed by atoms with van der Waals surface area (Å²) in [6.45, 7) is 4.82. The molecule has 1 atom stereocenters. The average molecular weight is 185 g/mol. The Morgan fingerprint density at radius 2 is 2.50 bits per heavy atom. The fraction of sp³-hybridized carbons (Fsp3) is 0.625. The Labute approximate surface area is 77.0 Å². The monoisotopic (exact) mass is 185 g/mol. The van der Waals surface area contributed by atoms with E-state index in [1.165, 1.54) is 0 Å². The van der Waals surface area contributed by atoms with Gasteiger partial charge in [0.1, 0.15) is 0 Å². The zero-order valence-corrected chi connectivity index (χ0v) is 8.32. The minimum Gasteiger partial charge on any atom is -0.359 e. The van der Waals surface area contributed by atoms with Crippen LogP contribution in [0, 0.1) is 0 Å². The molecule has 0 aliphatic heterocycles. The third kappa shape index (κ3) is 2.46. The minimum absolute atomic E-state index is 0.488. The fourth-order valence-corrected chi connectivity index (χ4v) is 1.62. The number of nitrogens with one attached hydrogen (secondary N) is 1. The number of thiazole rings is 1. The number of aromatic nitrogens is 1. The van der Waals surface area contributed by atoms with Gasteiger partial charge in [-0.1, -0.05) is 6.92 Å². The van der Waals surface area contributed by atoms with E-state index < -0.39 is 0 Å². The number of rotatable bonds is 4. The van der Waals surface area contributed by atoms with E-state index in [0.717, 1.165) is 17.2 Å². The molecular formula is C8H15N3S. The highest BCUT2D eigenvalue weighted by molar-refractivity contribution is 7.13. The van der Waals surface area contributed by atoms with Crippen LogP contribution in [0.3, 0.4) is 0 Å². The van der Waals surface area contributed by atoms with Gasteiger partial charge in [-0.25, -0.2) is 4.98 Å². The molecule has 0 aliphatic rings. The van der Waals surface area contributed by atoms with Gasteiger partial charge in [-0.05, 0) is 13.3 Å². The molecule has 1 aromatic heterocycles. The molecule has 1 aromatic rings. The normalized spacial score (nSPS) is 12.9. The summed E-state index contributed by atoms with van der Waals surface area (Å²) < 4.78 is 0. The van der Waals surface area contributed by atoms with Crippen molar-refractivity contribution in [3.63, 3.8) is 0 Å². The molecule has 0 aliphatic carbocycles. The lowest BCUT2D eigenvalue weighted by molar-refractivity contribution is 0.761. The van der Waals surface area contributed by atoms with Gasteiger partial charge in [0.15, 0.2) is 5.13 Å². The van der Waals surface area contributed by atoms with Crippen LogP contribution in [0.15, 0.2) is 5.38 Å². The number of hydrogen-bond acceptors (Lipinski definition) is 4. The van der Waals surface area contributed by atoms with Crippen LogP contribution in [0.5, 0.6) is 0 Å². The maximum absolute atomic E-state index is 5.44. The zero-order valence-electron chi connectivity index (χ0n) is 7.50. The third-order valence-corrected chi connectivity index (χ3v) is 2.57. The first-order valence-corrected chi connectivity index (χ1v) is 5.05. The molecule has 1 rings (SSSR count). The number of hydrogen-bond donors (Lipinski definition) is 2. The molecule has 68 valence electrons. The van der Waals surface area contributed by atoms with Crippen molar-refractivity contribution in [1.82, 2.24) is 4.98 Å². The van der Waals surface area contributed by atoms with Crippen molar-refractivity contribution in [3.05, 3.63) is 11.1 Å². The lowest BCUT2D eigenvalue weighted by atomic mass is 10.3. The Kier molecular flexibility index (Phi) is 3.49. The van der Waals surface area contributed by atoms with Gasteiger partial charge in [-0.2, -0.15) is 0 Å². The predicted octanol–water partition coefficient (Wildman–Crippen LogP) is 1.81. The predicted molar refractivity (Wildman–Crippen MR) is 53.4 cm³/mol. The topological polar surface area (TPSA) is 50.9 Å². The zero-order chi connectivity index (χ0) is 8.97. The third-order valence-electron chi connectivity index (χ3n) is 1.74. The van der Waals surface area contributed by atoms with Crippen LogP contribution in [0.25, 0.3) is 0 Å². The van der Waals surface area contributed by atoms with E-state index in [-0.39, 0.29) is 0 Å². The first-order chi connectivity index (χ1) is 5.76. The van der Waals surface area contributed by atoms with Crippen molar-refractivity contribution in [2.45, 2.75) is 32.9 Å². The highest BCUT2D eigenvalue weighted by Gasteiger charge is 2.02. The number of anilines is 1. The average Bonchev–Trinajstić information content (AvgIpc) is 2.52. The number of nitrogens with zero attached hydrogens (tertiary/aromatic N) is 1. The highest BCUT2D eigenvalue weighted by atomic mass is 32.1. The van der Waals surface area contributed by atoms with Gasteiger partial charge in [0, 0.05) is 18.0 Å². The highest BCUT2D eigenvalue weighted by Crippen LogP contribution is 2.16. The van der Waals surface area contributed by atoms with Crippen molar-refractivity contribution in [2.24, 2.45) is 5.73 Å². The Hall–Kier alpha value is -0.610.